The molecule has 0 aliphatic carbocycles. The van der Waals surface area contributed by atoms with Gasteiger partial charge in [-0.3, -0.25) is 9.36 Å². The van der Waals surface area contributed by atoms with E-state index in [2.05, 4.69) is 20.1 Å². The Hall–Kier alpha value is -3.74. The number of aryl methyl sites for hydroxylation is 1. The molecule has 0 spiro atoms. The molecule has 138 valence electrons. The van der Waals surface area contributed by atoms with Gasteiger partial charge in [0.25, 0.3) is 0 Å². The van der Waals surface area contributed by atoms with Crippen molar-refractivity contribution in [1.29, 1.82) is 0 Å². The van der Waals surface area contributed by atoms with Crippen LogP contribution in [0.4, 0.5) is 0 Å². The quantitative estimate of drug-likeness (QED) is 0.527. The topological polar surface area (TPSA) is 80.9 Å². The third-order valence-electron chi connectivity index (χ3n) is 4.79. The summed E-state index contributed by atoms with van der Waals surface area (Å²) in [7, 11) is 0. The molecule has 0 radical (unpaired) electrons. The second-order valence-electron chi connectivity index (χ2n) is 6.60. The molecular formula is C21H18N6O. The molecule has 0 fully saturated rings. The fourth-order valence-corrected chi connectivity index (χ4v) is 3.44. The van der Waals surface area contributed by atoms with E-state index >= 15 is 0 Å². The molecule has 1 N–H and O–H groups in total. The highest BCUT2D eigenvalue weighted by Gasteiger charge is 2.18. The molecule has 0 amide bonds. The zero-order valence-corrected chi connectivity index (χ0v) is 15.3. The van der Waals surface area contributed by atoms with Crippen LogP contribution in [0.2, 0.25) is 0 Å². The molecule has 0 saturated heterocycles. The maximum absolute atomic E-state index is 13.0. The van der Waals surface area contributed by atoms with Crippen LogP contribution in [-0.2, 0) is 13.0 Å². The Morgan fingerprint density at radius 3 is 2.39 bits per heavy atom. The molecule has 0 aliphatic rings. The predicted molar refractivity (Wildman–Crippen MR) is 107 cm³/mol. The van der Waals surface area contributed by atoms with Crippen molar-refractivity contribution >= 4 is 16.9 Å². The second-order valence-corrected chi connectivity index (χ2v) is 6.60. The number of rotatable bonds is 4. The molecule has 5 aromatic rings. The number of hydrogen-bond donors (Lipinski definition) is 1. The van der Waals surface area contributed by atoms with E-state index in [1.807, 2.05) is 72.2 Å². The Kier molecular flexibility index (Phi) is 3.79. The average Bonchev–Trinajstić information content (AvgIpc) is 3.35. The summed E-state index contributed by atoms with van der Waals surface area (Å²) in [6.45, 7) is 2.63. The smallest absolute Gasteiger partial charge is 0.301 e. The van der Waals surface area contributed by atoms with Crippen molar-refractivity contribution < 1.29 is 0 Å². The second kappa shape index (κ2) is 6.45. The minimum atomic E-state index is -0.240. The predicted octanol–water partition coefficient (Wildman–Crippen LogP) is 3.05. The van der Waals surface area contributed by atoms with E-state index in [9.17, 15) is 4.79 Å². The minimum absolute atomic E-state index is 0.240. The van der Waals surface area contributed by atoms with Crippen molar-refractivity contribution in [3.63, 3.8) is 0 Å². The molecule has 0 aliphatic heterocycles. The lowest BCUT2D eigenvalue weighted by Crippen LogP contribution is -2.19. The maximum atomic E-state index is 13.0. The van der Waals surface area contributed by atoms with Gasteiger partial charge < -0.3 is 4.98 Å². The lowest BCUT2D eigenvalue weighted by molar-refractivity contribution is 0.756. The van der Waals surface area contributed by atoms with Gasteiger partial charge in [-0.05, 0) is 12.5 Å². The summed E-state index contributed by atoms with van der Waals surface area (Å²) < 4.78 is 3.29. The van der Waals surface area contributed by atoms with Crippen LogP contribution in [0.15, 0.2) is 65.5 Å². The first-order valence-electron chi connectivity index (χ1n) is 9.22. The van der Waals surface area contributed by atoms with Gasteiger partial charge in [-0.1, -0.05) is 60.7 Å². The zero-order chi connectivity index (χ0) is 19.1. The van der Waals surface area contributed by atoms with Gasteiger partial charge in [-0.15, -0.1) is 5.10 Å². The number of nitrogens with zero attached hydrogens (tertiary/aromatic N) is 5. The number of aromatic amines is 1. The largest absolute Gasteiger partial charge is 0.332 e. The van der Waals surface area contributed by atoms with Crippen LogP contribution in [0.3, 0.4) is 0 Å². The lowest BCUT2D eigenvalue weighted by atomic mass is 10.1. The molecule has 5 rings (SSSR count). The molecule has 2 aromatic carbocycles. The van der Waals surface area contributed by atoms with Crippen molar-refractivity contribution in [2.75, 3.05) is 0 Å². The maximum Gasteiger partial charge on any atom is 0.301 e. The molecule has 0 unspecified atom stereocenters. The molecule has 3 aromatic heterocycles. The van der Waals surface area contributed by atoms with Gasteiger partial charge in [-0.25, -0.2) is 4.98 Å². The molecule has 3 heterocycles. The first kappa shape index (κ1) is 16.4. The standard InChI is InChI=1S/C21H18N6O/c1-2-26-19-17(23-18(24-19)15-11-7-4-8-12-15)20(28)27-21(26)22-16(25-27)13-14-9-5-3-6-10-14/h3-12H,2,13H2,1H3,(H,23,24). The Balaban J connectivity index is 1.70. The van der Waals surface area contributed by atoms with Crippen LogP contribution in [-0.4, -0.2) is 29.1 Å². The molecule has 0 saturated carbocycles. The SMILES string of the molecule is CCn1c2nc(-c3ccccc3)[nH]c2c(=O)n2nc(Cc3ccccc3)nc12. The van der Waals surface area contributed by atoms with Crippen LogP contribution in [0.1, 0.15) is 18.3 Å². The van der Waals surface area contributed by atoms with Crippen LogP contribution < -0.4 is 5.56 Å². The van der Waals surface area contributed by atoms with Crippen molar-refractivity contribution in [2.45, 2.75) is 19.9 Å². The van der Waals surface area contributed by atoms with Gasteiger partial charge in [0.05, 0.1) is 0 Å². The highest BCUT2D eigenvalue weighted by atomic mass is 16.1. The molecule has 7 heteroatoms. The molecule has 0 bridgehead atoms. The van der Waals surface area contributed by atoms with Gasteiger partial charge in [0, 0.05) is 18.5 Å². The van der Waals surface area contributed by atoms with Gasteiger partial charge in [0.1, 0.15) is 5.82 Å². The molecular weight excluding hydrogens is 352 g/mol. The van der Waals surface area contributed by atoms with E-state index < -0.39 is 0 Å². The van der Waals surface area contributed by atoms with Gasteiger partial charge in [-0.2, -0.15) is 9.50 Å². The fraction of sp³-hybridized carbons (Fsp3) is 0.143. The van der Waals surface area contributed by atoms with E-state index in [0.717, 1.165) is 11.1 Å². The summed E-state index contributed by atoms with van der Waals surface area (Å²) in [5.41, 5.74) is 2.82. The number of fused-ring (bicyclic) bond motifs is 2. The Morgan fingerprint density at radius 2 is 1.68 bits per heavy atom. The van der Waals surface area contributed by atoms with E-state index in [1.165, 1.54) is 4.52 Å². The normalized spacial score (nSPS) is 11.5. The first-order chi connectivity index (χ1) is 13.7. The molecule has 28 heavy (non-hydrogen) atoms. The van der Waals surface area contributed by atoms with Gasteiger partial charge >= 0.3 is 5.56 Å². The zero-order valence-electron chi connectivity index (χ0n) is 15.3. The third kappa shape index (κ3) is 2.60. The number of imidazole rings is 1. The molecule has 7 nitrogen and oxygen atoms in total. The molecule has 0 atom stereocenters. The summed E-state index contributed by atoms with van der Waals surface area (Å²) >= 11 is 0. The Morgan fingerprint density at radius 1 is 0.964 bits per heavy atom. The highest BCUT2D eigenvalue weighted by Crippen LogP contribution is 2.20. The average molecular weight is 370 g/mol. The van der Waals surface area contributed by atoms with Crippen LogP contribution in [0.5, 0.6) is 0 Å². The fourth-order valence-electron chi connectivity index (χ4n) is 3.44. The number of nitrogens with one attached hydrogen (secondary N) is 1. The number of hydrogen-bond acceptors (Lipinski definition) is 4. The Bertz CT molecular complexity index is 1330. The van der Waals surface area contributed by atoms with E-state index in [0.29, 0.717) is 41.6 Å². The number of H-pyrrole nitrogens is 1. The van der Waals surface area contributed by atoms with Crippen LogP contribution in [0.25, 0.3) is 28.3 Å². The van der Waals surface area contributed by atoms with E-state index in [-0.39, 0.29) is 5.56 Å². The number of benzene rings is 2. The van der Waals surface area contributed by atoms with E-state index in [4.69, 9.17) is 0 Å². The summed E-state index contributed by atoms with van der Waals surface area (Å²) in [5, 5.41) is 4.47. The van der Waals surface area contributed by atoms with Crippen molar-refractivity contribution in [1.82, 2.24) is 29.1 Å². The van der Waals surface area contributed by atoms with E-state index in [1.54, 1.807) is 0 Å². The summed E-state index contributed by atoms with van der Waals surface area (Å²) in [6, 6.07) is 19.7. The highest BCUT2D eigenvalue weighted by molar-refractivity contribution is 5.77. The number of aromatic nitrogens is 6. The summed E-state index contributed by atoms with van der Waals surface area (Å²) in [4.78, 5) is 25.5. The monoisotopic (exact) mass is 370 g/mol. The minimum Gasteiger partial charge on any atom is -0.332 e. The van der Waals surface area contributed by atoms with Gasteiger partial charge in [0.15, 0.2) is 17.0 Å². The summed E-state index contributed by atoms with van der Waals surface area (Å²) in [6.07, 6.45) is 0.572. The van der Waals surface area contributed by atoms with Gasteiger partial charge in [0.2, 0.25) is 5.78 Å². The van der Waals surface area contributed by atoms with Crippen molar-refractivity contribution in [2.24, 2.45) is 0 Å². The first-order valence-corrected chi connectivity index (χ1v) is 9.22. The summed E-state index contributed by atoms with van der Waals surface area (Å²) in [5.74, 6) is 1.78. The third-order valence-corrected chi connectivity index (χ3v) is 4.79. The lowest BCUT2D eigenvalue weighted by Gasteiger charge is -2.04. The van der Waals surface area contributed by atoms with Crippen molar-refractivity contribution in [3.8, 4) is 11.4 Å². The Labute approximate surface area is 160 Å². The van der Waals surface area contributed by atoms with Crippen molar-refractivity contribution in [3.05, 3.63) is 82.4 Å². The van der Waals surface area contributed by atoms with Crippen LogP contribution >= 0.6 is 0 Å². The van der Waals surface area contributed by atoms with Crippen LogP contribution in [0, 0.1) is 0 Å².